The zero-order chi connectivity index (χ0) is 14.7. The highest BCUT2D eigenvalue weighted by molar-refractivity contribution is 7.99. The molecule has 0 saturated carbocycles. The van der Waals surface area contributed by atoms with Crippen LogP contribution in [0.3, 0.4) is 0 Å². The van der Waals surface area contributed by atoms with Gasteiger partial charge in [0.25, 0.3) is 0 Å². The Kier molecular flexibility index (Phi) is 4.36. The van der Waals surface area contributed by atoms with Crippen molar-refractivity contribution in [2.24, 2.45) is 0 Å². The van der Waals surface area contributed by atoms with Crippen molar-refractivity contribution in [2.45, 2.75) is 29.2 Å². The molecule has 0 fully saturated rings. The van der Waals surface area contributed by atoms with Crippen molar-refractivity contribution in [3.8, 4) is 11.5 Å². The van der Waals surface area contributed by atoms with Gasteiger partial charge in [-0.15, -0.1) is 0 Å². The Hall–Kier alpha value is -1.65. The maximum absolute atomic E-state index is 10.1. The molecule has 0 aliphatic carbocycles. The fourth-order valence-electron chi connectivity index (χ4n) is 2.28. The Labute approximate surface area is 128 Å². The second-order valence-corrected chi connectivity index (χ2v) is 5.98. The minimum Gasteiger partial charge on any atom is -0.486 e. The first-order valence-corrected chi connectivity index (χ1v) is 7.94. The molecule has 0 radical (unpaired) electrons. The van der Waals surface area contributed by atoms with Crippen LogP contribution >= 0.6 is 11.8 Å². The third-order valence-electron chi connectivity index (χ3n) is 3.41. The van der Waals surface area contributed by atoms with Gasteiger partial charge in [-0.25, -0.2) is 0 Å². The highest BCUT2D eigenvalue weighted by Gasteiger charge is 2.14. The van der Waals surface area contributed by atoms with E-state index in [0.29, 0.717) is 19.6 Å². The summed E-state index contributed by atoms with van der Waals surface area (Å²) in [5, 5.41) is 10.1. The molecule has 2 aromatic carbocycles. The van der Waals surface area contributed by atoms with Crippen molar-refractivity contribution in [1.29, 1.82) is 0 Å². The fourth-order valence-corrected chi connectivity index (χ4v) is 3.31. The SMILES string of the molecule is CC[C@@H](O)c1ccccc1Sc1ccc2c(c1)OCCO2. The van der Waals surface area contributed by atoms with Gasteiger partial charge < -0.3 is 14.6 Å². The van der Waals surface area contributed by atoms with Gasteiger partial charge in [-0.1, -0.05) is 36.9 Å². The summed E-state index contributed by atoms with van der Waals surface area (Å²) in [5.74, 6) is 1.59. The second kappa shape index (κ2) is 6.41. The Morgan fingerprint density at radius 3 is 2.67 bits per heavy atom. The van der Waals surface area contributed by atoms with Crippen LogP contribution in [0, 0.1) is 0 Å². The molecule has 1 heterocycles. The first kappa shape index (κ1) is 14.3. The van der Waals surface area contributed by atoms with Gasteiger partial charge in [0.15, 0.2) is 11.5 Å². The molecule has 0 saturated heterocycles. The minimum atomic E-state index is -0.425. The van der Waals surface area contributed by atoms with Crippen LogP contribution in [0.4, 0.5) is 0 Å². The van der Waals surface area contributed by atoms with Crippen molar-refractivity contribution in [3.05, 3.63) is 48.0 Å². The normalized spacial score (nSPS) is 14.8. The summed E-state index contributed by atoms with van der Waals surface area (Å²) < 4.78 is 11.1. The lowest BCUT2D eigenvalue weighted by atomic mass is 10.1. The third kappa shape index (κ3) is 3.17. The predicted octanol–water partition coefficient (Wildman–Crippen LogP) is 4.05. The van der Waals surface area contributed by atoms with Crippen molar-refractivity contribution < 1.29 is 14.6 Å². The zero-order valence-corrected chi connectivity index (χ0v) is 12.7. The predicted molar refractivity (Wildman–Crippen MR) is 83.2 cm³/mol. The topological polar surface area (TPSA) is 38.7 Å². The largest absolute Gasteiger partial charge is 0.486 e. The second-order valence-electron chi connectivity index (χ2n) is 4.87. The highest BCUT2D eigenvalue weighted by Crippen LogP contribution is 2.39. The van der Waals surface area contributed by atoms with Gasteiger partial charge >= 0.3 is 0 Å². The van der Waals surface area contributed by atoms with Gasteiger partial charge in [-0.05, 0) is 36.2 Å². The fraction of sp³-hybridized carbons (Fsp3) is 0.294. The standard InChI is InChI=1S/C17H18O3S/c1-2-14(18)13-5-3-4-6-17(13)21-12-7-8-15-16(11-12)20-10-9-19-15/h3-8,11,14,18H,2,9-10H2,1H3/t14-/m1/s1. The van der Waals surface area contributed by atoms with E-state index in [1.165, 1.54) is 0 Å². The molecule has 0 bridgehead atoms. The average Bonchev–Trinajstić information content (AvgIpc) is 2.54. The lowest BCUT2D eigenvalue weighted by molar-refractivity contribution is 0.170. The van der Waals surface area contributed by atoms with Crippen LogP contribution in [0.15, 0.2) is 52.3 Å². The van der Waals surface area contributed by atoms with Gasteiger partial charge in [-0.3, -0.25) is 0 Å². The summed E-state index contributed by atoms with van der Waals surface area (Å²) in [6, 6.07) is 13.9. The summed E-state index contributed by atoms with van der Waals surface area (Å²) in [4.78, 5) is 2.15. The molecule has 1 aliphatic rings. The van der Waals surface area contributed by atoms with Crippen LogP contribution in [0.5, 0.6) is 11.5 Å². The van der Waals surface area contributed by atoms with E-state index < -0.39 is 6.10 Å². The van der Waals surface area contributed by atoms with Crippen LogP contribution in [0.2, 0.25) is 0 Å². The maximum Gasteiger partial charge on any atom is 0.162 e. The molecule has 4 heteroatoms. The molecule has 0 amide bonds. The first-order chi connectivity index (χ1) is 10.3. The molecule has 0 aromatic heterocycles. The Morgan fingerprint density at radius 1 is 1.10 bits per heavy atom. The summed E-state index contributed by atoms with van der Waals surface area (Å²) in [5.41, 5.74) is 0.972. The maximum atomic E-state index is 10.1. The van der Waals surface area contributed by atoms with E-state index in [1.807, 2.05) is 49.4 Å². The molecule has 1 aliphatic heterocycles. The number of aliphatic hydroxyl groups excluding tert-OH is 1. The van der Waals surface area contributed by atoms with Gasteiger partial charge in [0.2, 0.25) is 0 Å². The lowest BCUT2D eigenvalue weighted by Gasteiger charge is -2.19. The molecule has 110 valence electrons. The molecule has 3 rings (SSSR count). The molecule has 21 heavy (non-hydrogen) atoms. The number of aliphatic hydroxyl groups is 1. The van der Waals surface area contributed by atoms with E-state index in [9.17, 15) is 5.11 Å². The van der Waals surface area contributed by atoms with Crippen LogP contribution < -0.4 is 9.47 Å². The quantitative estimate of drug-likeness (QED) is 0.924. The molecule has 1 atom stereocenters. The first-order valence-electron chi connectivity index (χ1n) is 7.12. The molecule has 0 spiro atoms. The molecule has 1 N–H and O–H groups in total. The van der Waals surface area contributed by atoms with E-state index in [4.69, 9.17) is 9.47 Å². The van der Waals surface area contributed by atoms with Crippen molar-refractivity contribution in [3.63, 3.8) is 0 Å². The van der Waals surface area contributed by atoms with Gasteiger partial charge in [0.1, 0.15) is 13.2 Å². The molecule has 3 nitrogen and oxygen atoms in total. The van der Waals surface area contributed by atoms with E-state index >= 15 is 0 Å². The number of fused-ring (bicyclic) bond motifs is 1. The summed E-state index contributed by atoms with van der Waals surface area (Å²) in [6.45, 7) is 3.17. The molecular weight excluding hydrogens is 284 g/mol. The molecular formula is C17H18O3S. The Bertz CT molecular complexity index is 627. The highest BCUT2D eigenvalue weighted by atomic mass is 32.2. The molecule has 2 aromatic rings. The van der Waals surface area contributed by atoms with Gasteiger partial charge in [-0.2, -0.15) is 0 Å². The van der Waals surface area contributed by atoms with Gasteiger partial charge in [0.05, 0.1) is 6.10 Å². The van der Waals surface area contributed by atoms with E-state index in [0.717, 1.165) is 26.9 Å². The Balaban J connectivity index is 1.87. The molecule has 0 unspecified atom stereocenters. The van der Waals surface area contributed by atoms with E-state index in [-0.39, 0.29) is 0 Å². The summed E-state index contributed by atoms with van der Waals surface area (Å²) in [7, 11) is 0. The van der Waals surface area contributed by atoms with Crippen LogP contribution in [0.25, 0.3) is 0 Å². The smallest absolute Gasteiger partial charge is 0.162 e. The third-order valence-corrected chi connectivity index (χ3v) is 4.49. The van der Waals surface area contributed by atoms with Crippen LogP contribution in [0.1, 0.15) is 25.0 Å². The Morgan fingerprint density at radius 2 is 1.86 bits per heavy atom. The van der Waals surface area contributed by atoms with Crippen LogP contribution in [-0.4, -0.2) is 18.3 Å². The number of ether oxygens (including phenoxy) is 2. The number of rotatable bonds is 4. The zero-order valence-electron chi connectivity index (χ0n) is 11.9. The number of benzene rings is 2. The summed E-state index contributed by atoms with van der Waals surface area (Å²) in [6.07, 6.45) is 0.282. The summed E-state index contributed by atoms with van der Waals surface area (Å²) >= 11 is 1.64. The van der Waals surface area contributed by atoms with E-state index in [1.54, 1.807) is 11.8 Å². The average molecular weight is 302 g/mol. The van der Waals surface area contributed by atoms with Crippen molar-refractivity contribution in [2.75, 3.05) is 13.2 Å². The number of hydrogen-bond acceptors (Lipinski definition) is 4. The van der Waals surface area contributed by atoms with Crippen molar-refractivity contribution in [1.82, 2.24) is 0 Å². The minimum absolute atomic E-state index is 0.425. The van der Waals surface area contributed by atoms with E-state index in [2.05, 4.69) is 0 Å². The lowest BCUT2D eigenvalue weighted by Crippen LogP contribution is -2.15. The monoisotopic (exact) mass is 302 g/mol. The number of hydrogen-bond donors (Lipinski definition) is 1. The van der Waals surface area contributed by atoms with Crippen LogP contribution in [-0.2, 0) is 0 Å². The van der Waals surface area contributed by atoms with Gasteiger partial charge in [0, 0.05) is 9.79 Å². The van der Waals surface area contributed by atoms with Crippen molar-refractivity contribution >= 4 is 11.8 Å².